The highest BCUT2D eigenvalue weighted by atomic mass is 16.1. The van der Waals surface area contributed by atoms with E-state index in [0.29, 0.717) is 19.4 Å². The van der Waals surface area contributed by atoms with Crippen molar-refractivity contribution >= 4 is 5.91 Å². The number of carbonyl (C=O) groups is 1. The number of carbonyl (C=O) groups excluding carboxylic acids is 1. The lowest BCUT2D eigenvalue weighted by Gasteiger charge is -2.17. The van der Waals surface area contributed by atoms with E-state index >= 15 is 0 Å². The van der Waals surface area contributed by atoms with Crippen LogP contribution in [0.25, 0.3) is 0 Å². The van der Waals surface area contributed by atoms with Crippen molar-refractivity contribution in [1.29, 1.82) is 0 Å². The third kappa shape index (κ3) is 5.82. The van der Waals surface area contributed by atoms with Gasteiger partial charge in [-0.15, -0.1) is 0 Å². The van der Waals surface area contributed by atoms with Crippen LogP contribution in [-0.2, 0) is 11.2 Å². The lowest BCUT2D eigenvalue weighted by Crippen LogP contribution is -2.34. The third-order valence-electron chi connectivity index (χ3n) is 2.97. The Hall–Kier alpha value is -1.35. The summed E-state index contributed by atoms with van der Waals surface area (Å²) in [7, 11) is 0. The standard InChI is InChI=1S/C15H24N2O/c1-12-6-4-5-7-13(12)9-11-17-14(18)8-10-15(2,3)16/h4-7H,8-11,16H2,1-3H3,(H,17,18). The maximum Gasteiger partial charge on any atom is 0.220 e. The Kier molecular flexibility index (Phi) is 5.35. The molecule has 0 fully saturated rings. The van der Waals surface area contributed by atoms with E-state index in [4.69, 9.17) is 5.73 Å². The fourth-order valence-electron chi connectivity index (χ4n) is 1.75. The first-order valence-electron chi connectivity index (χ1n) is 6.48. The fourth-order valence-corrected chi connectivity index (χ4v) is 1.75. The summed E-state index contributed by atoms with van der Waals surface area (Å²) in [6, 6.07) is 8.25. The molecule has 0 spiro atoms. The molecular weight excluding hydrogens is 224 g/mol. The SMILES string of the molecule is Cc1ccccc1CCNC(=O)CCC(C)(C)N. The molecule has 1 aromatic carbocycles. The highest BCUT2D eigenvalue weighted by Crippen LogP contribution is 2.08. The number of nitrogens with two attached hydrogens (primary N) is 1. The van der Waals surface area contributed by atoms with Gasteiger partial charge >= 0.3 is 0 Å². The summed E-state index contributed by atoms with van der Waals surface area (Å²) < 4.78 is 0. The van der Waals surface area contributed by atoms with E-state index < -0.39 is 0 Å². The first-order chi connectivity index (χ1) is 8.38. The normalized spacial score (nSPS) is 11.3. The van der Waals surface area contributed by atoms with Gasteiger partial charge in [-0.2, -0.15) is 0 Å². The molecule has 0 saturated heterocycles. The van der Waals surface area contributed by atoms with E-state index in [2.05, 4.69) is 24.4 Å². The topological polar surface area (TPSA) is 55.1 Å². The van der Waals surface area contributed by atoms with Crippen LogP contribution in [-0.4, -0.2) is 18.0 Å². The second-order valence-corrected chi connectivity index (χ2v) is 5.52. The second-order valence-electron chi connectivity index (χ2n) is 5.52. The van der Waals surface area contributed by atoms with Gasteiger partial charge in [0.15, 0.2) is 0 Å². The smallest absolute Gasteiger partial charge is 0.220 e. The summed E-state index contributed by atoms with van der Waals surface area (Å²) in [4.78, 5) is 11.6. The van der Waals surface area contributed by atoms with Crippen LogP contribution in [0.15, 0.2) is 24.3 Å². The van der Waals surface area contributed by atoms with E-state index in [9.17, 15) is 4.79 Å². The van der Waals surface area contributed by atoms with Crippen LogP contribution in [0, 0.1) is 6.92 Å². The molecule has 0 saturated carbocycles. The Morgan fingerprint density at radius 2 is 2.00 bits per heavy atom. The fraction of sp³-hybridized carbons (Fsp3) is 0.533. The number of nitrogens with one attached hydrogen (secondary N) is 1. The van der Waals surface area contributed by atoms with Crippen molar-refractivity contribution in [1.82, 2.24) is 5.32 Å². The minimum atomic E-state index is -0.270. The molecule has 0 bridgehead atoms. The zero-order chi connectivity index (χ0) is 13.6. The van der Waals surface area contributed by atoms with Gasteiger partial charge in [-0.3, -0.25) is 4.79 Å². The molecule has 3 N–H and O–H groups in total. The van der Waals surface area contributed by atoms with E-state index in [1.54, 1.807) is 0 Å². The molecule has 0 radical (unpaired) electrons. The van der Waals surface area contributed by atoms with Gasteiger partial charge in [-0.25, -0.2) is 0 Å². The highest BCUT2D eigenvalue weighted by molar-refractivity contribution is 5.75. The number of amides is 1. The molecule has 1 rings (SSSR count). The second kappa shape index (κ2) is 6.55. The minimum Gasteiger partial charge on any atom is -0.356 e. The largest absolute Gasteiger partial charge is 0.356 e. The van der Waals surface area contributed by atoms with Crippen LogP contribution in [0.5, 0.6) is 0 Å². The highest BCUT2D eigenvalue weighted by Gasteiger charge is 2.12. The van der Waals surface area contributed by atoms with Crippen molar-refractivity contribution in [3.63, 3.8) is 0 Å². The summed E-state index contributed by atoms with van der Waals surface area (Å²) in [6.45, 7) is 6.66. The molecule has 100 valence electrons. The Balaban J connectivity index is 2.26. The van der Waals surface area contributed by atoms with Crippen molar-refractivity contribution in [2.24, 2.45) is 5.73 Å². The summed E-state index contributed by atoms with van der Waals surface area (Å²) in [6.07, 6.45) is 2.09. The van der Waals surface area contributed by atoms with E-state index in [1.165, 1.54) is 11.1 Å². The summed E-state index contributed by atoms with van der Waals surface area (Å²) in [5, 5.41) is 2.94. The summed E-state index contributed by atoms with van der Waals surface area (Å²) in [5.41, 5.74) is 8.13. The van der Waals surface area contributed by atoms with Crippen LogP contribution < -0.4 is 11.1 Å². The van der Waals surface area contributed by atoms with Crippen LogP contribution in [0.4, 0.5) is 0 Å². The van der Waals surface area contributed by atoms with Crippen molar-refractivity contribution in [3.05, 3.63) is 35.4 Å². The van der Waals surface area contributed by atoms with Gasteiger partial charge in [-0.1, -0.05) is 24.3 Å². The van der Waals surface area contributed by atoms with Gasteiger partial charge in [0.25, 0.3) is 0 Å². The van der Waals surface area contributed by atoms with Gasteiger partial charge in [0.2, 0.25) is 5.91 Å². The molecule has 0 heterocycles. The molecule has 3 nitrogen and oxygen atoms in total. The molecule has 3 heteroatoms. The minimum absolute atomic E-state index is 0.0853. The Morgan fingerprint density at radius 3 is 2.61 bits per heavy atom. The monoisotopic (exact) mass is 248 g/mol. The molecule has 0 aromatic heterocycles. The van der Waals surface area contributed by atoms with Gasteiger partial charge in [0.05, 0.1) is 0 Å². The Morgan fingerprint density at radius 1 is 1.33 bits per heavy atom. The van der Waals surface area contributed by atoms with Crippen molar-refractivity contribution in [3.8, 4) is 0 Å². The summed E-state index contributed by atoms with van der Waals surface area (Å²) in [5.74, 6) is 0.0853. The quantitative estimate of drug-likeness (QED) is 0.810. The zero-order valence-electron chi connectivity index (χ0n) is 11.6. The van der Waals surface area contributed by atoms with Gasteiger partial charge < -0.3 is 11.1 Å². The average Bonchev–Trinajstić information content (AvgIpc) is 2.28. The number of hydrogen-bond acceptors (Lipinski definition) is 2. The predicted molar refractivity (Wildman–Crippen MR) is 75.4 cm³/mol. The molecule has 0 aliphatic rings. The maximum atomic E-state index is 11.6. The lowest BCUT2D eigenvalue weighted by molar-refractivity contribution is -0.121. The van der Waals surface area contributed by atoms with E-state index in [-0.39, 0.29) is 11.4 Å². The van der Waals surface area contributed by atoms with E-state index in [0.717, 1.165) is 6.42 Å². The predicted octanol–water partition coefficient (Wildman–Crippen LogP) is 2.17. The van der Waals surface area contributed by atoms with Crippen LogP contribution in [0.3, 0.4) is 0 Å². The average molecular weight is 248 g/mol. The third-order valence-corrected chi connectivity index (χ3v) is 2.97. The lowest BCUT2D eigenvalue weighted by atomic mass is 10.00. The molecule has 0 aliphatic carbocycles. The maximum absolute atomic E-state index is 11.6. The van der Waals surface area contributed by atoms with E-state index in [1.807, 2.05) is 26.0 Å². The van der Waals surface area contributed by atoms with Crippen LogP contribution in [0.1, 0.15) is 37.8 Å². The van der Waals surface area contributed by atoms with Gasteiger partial charge in [-0.05, 0) is 44.7 Å². The number of hydrogen-bond donors (Lipinski definition) is 2. The zero-order valence-corrected chi connectivity index (χ0v) is 11.6. The van der Waals surface area contributed by atoms with Crippen LogP contribution in [0.2, 0.25) is 0 Å². The molecule has 18 heavy (non-hydrogen) atoms. The van der Waals surface area contributed by atoms with Crippen LogP contribution >= 0.6 is 0 Å². The first-order valence-corrected chi connectivity index (χ1v) is 6.48. The number of rotatable bonds is 6. The Labute approximate surface area is 110 Å². The molecule has 0 atom stereocenters. The first kappa shape index (κ1) is 14.7. The molecule has 1 amide bonds. The summed E-state index contributed by atoms with van der Waals surface area (Å²) >= 11 is 0. The molecular formula is C15H24N2O. The Bertz CT molecular complexity index is 394. The van der Waals surface area contributed by atoms with Crippen molar-refractivity contribution < 1.29 is 4.79 Å². The number of benzene rings is 1. The van der Waals surface area contributed by atoms with Crippen molar-refractivity contribution in [2.45, 2.75) is 45.6 Å². The van der Waals surface area contributed by atoms with Crippen molar-refractivity contribution in [2.75, 3.05) is 6.54 Å². The molecule has 0 aliphatic heterocycles. The van der Waals surface area contributed by atoms with Gasteiger partial charge in [0.1, 0.15) is 0 Å². The van der Waals surface area contributed by atoms with Gasteiger partial charge in [0, 0.05) is 18.5 Å². The molecule has 0 unspecified atom stereocenters. The number of aryl methyl sites for hydroxylation is 1. The molecule has 1 aromatic rings.